The molecule has 0 atom stereocenters. The van der Waals surface area contributed by atoms with E-state index in [0.29, 0.717) is 24.4 Å². The van der Waals surface area contributed by atoms with Gasteiger partial charge in [0.1, 0.15) is 19.0 Å². The molecule has 186 valence electrons. The van der Waals surface area contributed by atoms with Crippen molar-refractivity contribution in [2.24, 2.45) is 0 Å². The fraction of sp³-hybridized carbons (Fsp3) is 0.367. The molecule has 3 aromatic rings. The van der Waals surface area contributed by atoms with Crippen molar-refractivity contribution >= 4 is 10.9 Å². The molecule has 0 amide bonds. The van der Waals surface area contributed by atoms with Gasteiger partial charge in [0.05, 0.1) is 5.52 Å². The Bertz CT molecular complexity index is 1230. The molecule has 35 heavy (non-hydrogen) atoms. The average Bonchev–Trinajstić information content (AvgIpc) is 2.83. The molecule has 2 aromatic carbocycles. The maximum atomic E-state index is 13.6. The smallest absolute Gasteiger partial charge is 0.297 e. The lowest BCUT2D eigenvalue weighted by molar-refractivity contribution is 0.274. The summed E-state index contributed by atoms with van der Waals surface area (Å²) < 4.78 is 14.0. The second kappa shape index (κ2) is 12.8. The Labute approximate surface area is 208 Å². The zero-order valence-corrected chi connectivity index (χ0v) is 21.3. The molecule has 1 N–H and O–H groups in total. The highest BCUT2D eigenvalue weighted by Crippen LogP contribution is 2.35. The Morgan fingerprint density at radius 3 is 2.49 bits per heavy atom. The summed E-state index contributed by atoms with van der Waals surface area (Å²) in [5.74, 6) is 0.737. The molecular formula is C30H37NO4. The second-order valence-corrected chi connectivity index (χ2v) is 9.13. The lowest BCUT2D eigenvalue weighted by Crippen LogP contribution is -2.24. The van der Waals surface area contributed by atoms with E-state index in [1.165, 1.54) is 11.1 Å². The number of phenols is 1. The molecular weight excluding hydrogens is 438 g/mol. The summed E-state index contributed by atoms with van der Waals surface area (Å²) in [7, 11) is 0. The van der Waals surface area contributed by atoms with Gasteiger partial charge in [-0.2, -0.15) is 0 Å². The third-order valence-electron chi connectivity index (χ3n) is 5.87. The molecule has 5 heteroatoms. The predicted octanol–water partition coefficient (Wildman–Crippen LogP) is 7.16. The van der Waals surface area contributed by atoms with Gasteiger partial charge in [-0.3, -0.25) is 4.79 Å². The number of benzene rings is 2. The highest BCUT2D eigenvalue weighted by molar-refractivity contribution is 5.89. The fourth-order valence-corrected chi connectivity index (χ4v) is 3.88. The number of aromatic hydroxyl groups is 1. The third-order valence-corrected chi connectivity index (χ3v) is 5.87. The summed E-state index contributed by atoms with van der Waals surface area (Å²) in [5.41, 5.74) is 3.92. The van der Waals surface area contributed by atoms with Gasteiger partial charge in [-0.05, 0) is 63.8 Å². The van der Waals surface area contributed by atoms with Crippen LogP contribution in [0.3, 0.4) is 0 Å². The first-order valence-electron chi connectivity index (χ1n) is 12.4. The van der Waals surface area contributed by atoms with Crippen LogP contribution in [-0.2, 0) is 13.2 Å². The lowest BCUT2D eigenvalue weighted by atomic mass is 10.1. The molecule has 0 fully saturated rings. The molecule has 1 heterocycles. The van der Waals surface area contributed by atoms with Crippen LogP contribution in [0.4, 0.5) is 0 Å². The van der Waals surface area contributed by atoms with E-state index in [1.807, 2.05) is 36.4 Å². The number of ether oxygens (including phenoxy) is 2. The van der Waals surface area contributed by atoms with Crippen LogP contribution < -0.4 is 15.0 Å². The number of pyridine rings is 1. The number of nitrogens with zero attached hydrogens (tertiary/aromatic N) is 1. The average molecular weight is 476 g/mol. The van der Waals surface area contributed by atoms with Gasteiger partial charge in [0.25, 0.3) is 5.56 Å². The molecule has 0 saturated carbocycles. The summed E-state index contributed by atoms with van der Waals surface area (Å²) in [6, 6.07) is 14.9. The van der Waals surface area contributed by atoms with E-state index >= 15 is 0 Å². The van der Waals surface area contributed by atoms with Crippen LogP contribution in [-0.4, -0.2) is 16.3 Å². The van der Waals surface area contributed by atoms with Gasteiger partial charge in [0.15, 0.2) is 5.75 Å². The van der Waals surface area contributed by atoms with Crippen molar-refractivity contribution in [3.05, 3.63) is 87.7 Å². The topological polar surface area (TPSA) is 60.7 Å². The van der Waals surface area contributed by atoms with Gasteiger partial charge in [0, 0.05) is 18.0 Å². The van der Waals surface area contributed by atoms with Crippen molar-refractivity contribution in [3.8, 4) is 17.2 Å². The fourth-order valence-electron chi connectivity index (χ4n) is 3.88. The highest BCUT2D eigenvalue weighted by atomic mass is 16.5. The third kappa shape index (κ3) is 7.25. The summed E-state index contributed by atoms with van der Waals surface area (Å²) in [5, 5.41) is 10.9. The Morgan fingerprint density at radius 1 is 1.00 bits per heavy atom. The van der Waals surface area contributed by atoms with E-state index in [0.717, 1.165) is 36.6 Å². The molecule has 0 aliphatic rings. The van der Waals surface area contributed by atoms with E-state index in [2.05, 4.69) is 33.8 Å². The van der Waals surface area contributed by atoms with Crippen LogP contribution in [0.25, 0.3) is 10.9 Å². The molecule has 0 spiro atoms. The van der Waals surface area contributed by atoms with E-state index in [1.54, 1.807) is 22.8 Å². The highest BCUT2D eigenvalue weighted by Gasteiger charge is 2.20. The van der Waals surface area contributed by atoms with Gasteiger partial charge in [-0.25, -0.2) is 0 Å². The monoisotopic (exact) mass is 475 g/mol. The first-order chi connectivity index (χ1) is 16.9. The van der Waals surface area contributed by atoms with E-state index in [-0.39, 0.29) is 23.7 Å². The molecule has 1 aromatic heterocycles. The number of phenolic OH excluding ortho intramolecular Hbond substituents is 1. The van der Waals surface area contributed by atoms with E-state index in [4.69, 9.17) is 9.47 Å². The SMILES string of the molecule is CCCCn1c(=O)c(OC/C=C(\C)CCC=C(C)C)c(OCc2ccccc2)c2ccc(O)cc21. The quantitative estimate of drug-likeness (QED) is 0.282. The van der Waals surface area contributed by atoms with Gasteiger partial charge in [0.2, 0.25) is 5.75 Å². The van der Waals surface area contributed by atoms with Crippen LogP contribution in [0.5, 0.6) is 17.2 Å². The molecule has 0 unspecified atom stereocenters. The molecule has 0 bridgehead atoms. The van der Waals surface area contributed by atoms with Gasteiger partial charge < -0.3 is 19.1 Å². The molecule has 5 nitrogen and oxygen atoms in total. The summed E-state index contributed by atoms with van der Waals surface area (Å²) in [6.45, 7) is 9.50. The molecule has 0 saturated heterocycles. The van der Waals surface area contributed by atoms with Gasteiger partial charge in [-0.1, -0.05) is 60.9 Å². The molecule has 3 rings (SSSR count). The number of fused-ring (bicyclic) bond motifs is 1. The number of hydrogen-bond donors (Lipinski definition) is 1. The van der Waals surface area contributed by atoms with Crippen molar-refractivity contribution in [2.75, 3.05) is 6.61 Å². The second-order valence-electron chi connectivity index (χ2n) is 9.13. The van der Waals surface area contributed by atoms with Crippen molar-refractivity contribution in [3.63, 3.8) is 0 Å². The first kappa shape index (κ1) is 26.1. The van der Waals surface area contributed by atoms with E-state index in [9.17, 15) is 9.90 Å². The van der Waals surface area contributed by atoms with Crippen LogP contribution >= 0.6 is 0 Å². The predicted molar refractivity (Wildman–Crippen MR) is 143 cm³/mol. The van der Waals surface area contributed by atoms with Crippen LogP contribution in [0.1, 0.15) is 58.9 Å². The van der Waals surface area contributed by atoms with E-state index < -0.39 is 0 Å². The molecule has 0 aliphatic carbocycles. The number of allylic oxidation sites excluding steroid dienone is 3. The Kier molecular flexibility index (Phi) is 9.59. The number of rotatable bonds is 12. The number of hydrogen-bond acceptors (Lipinski definition) is 4. The largest absolute Gasteiger partial charge is 0.508 e. The van der Waals surface area contributed by atoms with Crippen molar-refractivity contribution in [1.29, 1.82) is 0 Å². The van der Waals surface area contributed by atoms with Crippen LogP contribution in [0.15, 0.2) is 76.6 Å². The Morgan fingerprint density at radius 2 is 1.77 bits per heavy atom. The standard InChI is InChI=1S/C30H37NO4/c1-5-6-18-31-27-20-25(32)15-16-26(27)28(35-21-24-13-8-7-9-14-24)29(30(31)33)34-19-17-23(4)12-10-11-22(2)3/h7-9,11,13-17,20,32H,5-6,10,12,18-19,21H2,1-4H3/b23-17+. The number of aromatic nitrogens is 1. The minimum atomic E-state index is -0.241. The molecule has 0 aliphatic heterocycles. The van der Waals surface area contributed by atoms with Crippen LogP contribution in [0.2, 0.25) is 0 Å². The van der Waals surface area contributed by atoms with Gasteiger partial charge >= 0.3 is 0 Å². The lowest BCUT2D eigenvalue weighted by Gasteiger charge is -2.18. The minimum absolute atomic E-state index is 0.111. The Balaban J connectivity index is 1.99. The zero-order chi connectivity index (χ0) is 25.2. The summed E-state index contributed by atoms with van der Waals surface area (Å²) >= 11 is 0. The first-order valence-corrected chi connectivity index (χ1v) is 12.4. The Hall–Kier alpha value is -3.47. The maximum absolute atomic E-state index is 13.6. The summed E-state index contributed by atoms with van der Waals surface area (Å²) in [4.78, 5) is 13.6. The zero-order valence-electron chi connectivity index (χ0n) is 21.3. The summed E-state index contributed by atoms with van der Waals surface area (Å²) in [6.07, 6.45) is 7.97. The van der Waals surface area contributed by atoms with Crippen molar-refractivity contribution < 1.29 is 14.6 Å². The molecule has 0 radical (unpaired) electrons. The van der Waals surface area contributed by atoms with Gasteiger partial charge in [-0.15, -0.1) is 0 Å². The number of aryl methyl sites for hydroxylation is 1. The minimum Gasteiger partial charge on any atom is -0.508 e. The van der Waals surface area contributed by atoms with Crippen LogP contribution in [0, 0.1) is 0 Å². The van der Waals surface area contributed by atoms with Crippen molar-refractivity contribution in [1.82, 2.24) is 4.57 Å². The number of unbranched alkanes of at least 4 members (excludes halogenated alkanes) is 1. The maximum Gasteiger partial charge on any atom is 0.297 e. The normalized spacial score (nSPS) is 11.5. The van der Waals surface area contributed by atoms with Crippen molar-refractivity contribution in [2.45, 2.75) is 66.5 Å².